The summed E-state index contributed by atoms with van der Waals surface area (Å²) in [4.78, 5) is 38.5. The van der Waals surface area contributed by atoms with Crippen LogP contribution in [0, 0.1) is 11.8 Å². The third-order valence-electron chi connectivity index (χ3n) is 5.36. The van der Waals surface area contributed by atoms with Gasteiger partial charge in [0.25, 0.3) is 0 Å². The zero-order valence-corrected chi connectivity index (χ0v) is 19.7. The van der Waals surface area contributed by atoms with Crippen molar-refractivity contribution in [1.29, 1.82) is 0 Å². The Labute approximate surface area is 194 Å². The van der Waals surface area contributed by atoms with Crippen molar-refractivity contribution in [2.75, 3.05) is 18.0 Å². The molecule has 3 atom stereocenters. The van der Waals surface area contributed by atoms with Crippen LogP contribution in [0.25, 0.3) is 0 Å². The number of amides is 1. The summed E-state index contributed by atoms with van der Waals surface area (Å²) < 4.78 is 0. The first-order chi connectivity index (χ1) is 15.3. The number of hydrogen-bond donors (Lipinski definition) is 2. The maximum absolute atomic E-state index is 13.0. The normalized spacial score (nSPS) is 18.4. The van der Waals surface area contributed by atoms with Crippen molar-refractivity contribution in [1.82, 2.24) is 4.90 Å². The summed E-state index contributed by atoms with van der Waals surface area (Å²) in [6, 6.07) is 15.7. The Morgan fingerprint density at radius 2 is 1.72 bits per heavy atom. The van der Waals surface area contributed by atoms with Gasteiger partial charge in [-0.25, -0.2) is 4.79 Å². The molecule has 0 saturated carbocycles. The number of carbonyl (C=O) groups is 3. The summed E-state index contributed by atoms with van der Waals surface area (Å²) >= 11 is 1.07. The highest BCUT2D eigenvalue weighted by molar-refractivity contribution is 8.14. The van der Waals surface area contributed by atoms with E-state index in [4.69, 9.17) is 5.73 Å². The van der Waals surface area contributed by atoms with Crippen molar-refractivity contribution in [3.05, 3.63) is 65.7 Å². The second-order valence-electron chi connectivity index (χ2n) is 7.76. The fourth-order valence-electron chi connectivity index (χ4n) is 3.75. The van der Waals surface area contributed by atoms with Gasteiger partial charge in [0.05, 0.1) is 0 Å². The lowest BCUT2D eigenvalue weighted by Gasteiger charge is -2.24. The van der Waals surface area contributed by atoms with Gasteiger partial charge in [0.1, 0.15) is 6.04 Å². The van der Waals surface area contributed by atoms with E-state index in [-0.39, 0.29) is 16.9 Å². The average Bonchev–Trinajstić information content (AvgIpc) is 3.23. The first kappa shape index (κ1) is 25.5. The lowest BCUT2D eigenvalue weighted by atomic mass is 9.97. The number of rotatable bonds is 7. The van der Waals surface area contributed by atoms with Crippen molar-refractivity contribution in [3.8, 4) is 0 Å². The highest BCUT2D eigenvalue weighted by atomic mass is 32.2. The van der Waals surface area contributed by atoms with E-state index >= 15 is 0 Å². The molecule has 2 aromatic rings. The molecule has 3 rings (SSSR count). The summed E-state index contributed by atoms with van der Waals surface area (Å²) in [5.41, 5.74) is 7.89. The van der Waals surface area contributed by atoms with E-state index in [2.05, 4.69) is 0 Å². The van der Waals surface area contributed by atoms with Gasteiger partial charge in [-0.15, -0.1) is 0 Å². The molecule has 1 heterocycles. The van der Waals surface area contributed by atoms with E-state index in [1.807, 2.05) is 44.2 Å². The number of nitrogens with two attached hydrogens (primary N) is 1. The largest absolute Gasteiger partial charge is 0.480 e. The maximum atomic E-state index is 13.0. The van der Waals surface area contributed by atoms with Gasteiger partial charge in [0.2, 0.25) is 11.0 Å². The second kappa shape index (κ2) is 12.3. The Morgan fingerprint density at radius 3 is 2.31 bits per heavy atom. The van der Waals surface area contributed by atoms with Crippen molar-refractivity contribution < 1.29 is 19.5 Å². The van der Waals surface area contributed by atoms with E-state index in [1.54, 1.807) is 31.2 Å². The number of likely N-dealkylation sites (tertiary alicyclic amines) is 1. The molecule has 2 aromatic carbocycles. The highest BCUT2D eigenvalue weighted by Gasteiger charge is 2.40. The number of carboxylic acids is 1. The molecular weight excluding hydrogens is 424 g/mol. The van der Waals surface area contributed by atoms with Crippen LogP contribution in [-0.4, -0.2) is 45.3 Å². The molecule has 0 radical (unpaired) electrons. The van der Waals surface area contributed by atoms with Gasteiger partial charge >= 0.3 is 5.97 Å². The molecular formula is C25H32N2O4S. The number of benzene rings is 2. The third kappa shape index (κ3) is 6.85. The maximum Gasteiger partial charge on any atom is 0.326 e. The molecule has 0 aliphatic carbocycles. The first-order valence-corrected chi connectivity index (χ1v) is 11.9. The van der Waals surface area contributed by atoms with Gasteiger partial charge in [0, 0.05) is 29.5 Å². The SMILES string of the molecule is CC.CC(CSC(=O)c1ccc(N)cc1)C(=O)N1CC(Cc2ccccc2)CC1C(=O)O. The van der Waals surface area contributed by atoms with Crippen molar-refractivity contribution in [2.24, 2.45) is 11.8 Å². The molecule has 0 aromatic heterocycles. The minimum Gasteiger partial charge on any atom is -0.480 e. The predicted molar refractivity (Wildman–Crippen MR) is 130 cm³/mol. The summed E-state index contributed by atoms with van der Waals surface area (Å²) in [6.45, 7) is 6.17. The monoisotopic (exact) mass is 456 g/mol. The zero-order chi connectivity index (χ0) is 23.7. The van der Waals surface area contributed by atoms with Crippen molar-refractivity contribution >= 4 is 34.4 Å². The molecule has 32 heavy (non-hydrogen) atoms. The van der Waals surface area contributed by atoms with Gasteiger partial charge in [-0.1, -0.05) is 62.9 Å². The Bertz CT molecular complexity index is 902. The molecule has 0 spiro atoms. The Morgan fingerprint density at radius 1 is 1.09 bits per heavy atom. The minimum atomic E-state index is -0.975. The zero-order valence-electron chi connectivity index (χ0n) is 18.9. The molecule has 1 saturated heterocycles. The molecule has 1 fully saturated rings. The molecule has 1 aliphatic heterocycles. The van der Waals surface area contributed by atoms with Gasteiger partial charge in [-0.05, 0) is 48.6 Å². The van der Waals surface area contributed by atoms with E-state index < -0.39 is 17.9 Å². The van der Waals surface area contributed by atoms with Crippen LogP contribution in [0.1, 0.15) is 43.1 Å². The van der Waals surface area contributed by atoms with Crippen LogP contribution in [0.4, 0.5) is 5.69 Å². The molecule has 6 nitrogen and oxygen atoms in total. The van der Waals surface area contributed by atoms with Gasteiger partial charge in [-0.3, -0.25) is 9.59 Å². The highest BCUT2D eigenvalue weighted by Crippen LogP contribution is 2.29. The third-order valence-corrected chi connectivity index (χ3v) is 6.52. The number of nitrogens with zero attached hydrogens (tertiary/aromatic N) is 1. The molecule has 0 bridgehead atoms. The lowest BCUT2D eigenvalue weighted by molar-refractivity contribution is -0.149. The smallest absolute Gasteiger partial charge is 0.326 e. The molecule has 1 amide bonds. The van der Waals surface area contributed by atoms with Crippen LogP contribution in [-0.2, 0) is 16.0 Å². The molecule has 3 unspecified atom stereocenters. The molecule has 1 aliphatic rings. The predicted octanol–water partition coefficient (Wildman–Crippen LogP) is 4.35. The number of hydrogen-bond acceptors (Lipinski definition) is 5. The van der Waals surface area contributed by atoms with Crippen LogP contribution in [0.15, 0.2) is 54.6 Å². The first-order valence-electron chi connectivity index (χ1n) is 10.9. The number of aliphatic carboxylic acids is 1. The van der Waals surface area contributed by atoms with Gasteiger partial charge in [0.15, 0.2) is 0 Å². The van der Waals surface area contributed by atoms with E-state index in [0.717, 1.165) is 23.7 Å². The van der Waals surface area contributed by atoms with Gasteiger partial charge in [-0.2, -0.15) is 0 Å². The quantitative estimate of drug-likeness (QED) is 0.601. The summed E-state index contributed by atoms with van der Waals surface area (Å²) in [6.07, 6.45) is 1.19. The van der Waals surface area contributed by atoms with E-state index in [1.165, 1.54) is 4.90 Å². The average molecular weight is 457 g/mol. The molecule has 7 heteroatoms. The lowest BCUT2D eigenvalue weighted by Crippen LogP contribution is -2.43. The summed E-state index contributed by atoms with van der Waals surface area (Å²) in [5, 5.41) is 9.49. The number of thioether (sulfide) groups is 1. The summed E-state index contributed by atoms with van der Waals surface area (Å²) in [5.74, 6) is -1.24. The van der Waals surface area contributed by atoms with Crippen LogP contribution >= 0.6 is 11.8 Å². The molecule has 172 valence electrons. The number of anilines is 1. The van der Waals surface area contributed by atoms with E-state index in [9.17, 15) is 19.5 Å². The fourth-order valence-corrected chi connectivity index (χ4v) is 4.60. The number of nitrogen functional groups attached to an aromatic ring is 1. The fraction of sp³-hybridized carbons (Fsp3) is 0.400. The topological polar surface area (TPSA) is 101 Å². The Hall–Kier alpha value is -2.80. The van der Waals surface area contributed by atoms with Crippen molar-refractivity contribution in [2.45, 2.75) is 39.7 Å². The van der Waals surface area contributed by atoms with Crippen LogP contribution in [0.5, 0.6) is 0 Å². The number of carbonyl (C=O) groups excluding carboxylic acids is 2. The van der Waals surface area contributed by atoms with E-state index in [0.29, 0.717) is 30.0 Å². The second-order valence-corrected chi connectivity index (χ2v) is 8.75. The van der Waals surface area contributed by atoms with Crippen molar-refractivity contribution in [3.63, 3.8) is 0 Å². The van der Waals surface area contributed by atoms with Crippen LogP contribution in [0.2, 0.25) is 0 Å². The Kier molecular flexibility index (Phi) is 9.78. The van der Waals surface area contributed by atoms with Gasteiger partial charge < -0.3 is 15.7 Å². The van der Waals surface area contributed by atoms with Crippen LogP contribution in [0.3, 0.4) is 0 Å². The van der Waals surface area contributed by atoms with Crippen LogP contribution < -0.4 is 5.73 Å². The number of carboxylic acid groups (broad SMARTS) is 1. The Balaban J connectivity index is 0.00000176. The summed E-state index contributed by atoms with van der Waals surface area (Å²) in [7, 11) is 0. The molecule has 3 N–H and O–H groups in total. The standard InChI is InChI=1S/C23H26N2O4S.C2H6/c1-15(14-30-23(29)18-7-9-19(24)10-8-18)21(26)25-13-17(12-20(25)22(27)28)11-16-5-3-2-4-6-16;1-2/h2-10,15,17,20H,11-14,24H2,1H3,(H,27,28);1-2H3. The minimum absolute atomic E-state index is 0.105.